The van der Waals surface area contributed by atoms with Gasteiger partial charge in [0, 0.05) is 19.3 Å². The Kier molecular flexibility index (Phi) is 6.88. The fraction of sp³-hybridized carbons (Fsp3) is 0.375. The predicted octanol–water partition coefficient (Wildman–Crippen LogP) is 6.02. The number of rotatable bonds is 5. The first-order valence-corrected chi connectivity index (χ1v) is 11.8. The van der Waals surface area contributed by atoms with Gasteiger partial charge in [-0.3, -0.25) is 4.79 Å². The van der Waals surface area contributed by atoms with E-state index in [1.807, 2.05) is 6.92 Å². The van der Waals surface area contributed by atoms with Crippen molar-refractivity contribution in [1.29, 1.82) is 0 Å². The van der Waals surface area contributed by atoms with Crippen molar-refractivity contribution in [3.05, 3.63) is 64.7 Å². The van der Waals surface area contributed by atoms with Crippen molar-refractivity contribution < 1.29 is 22.4 Å². The van der Waals surface area contributed by atoms with E-state index in [2.05, 4.69) is 22.2 Å². The van der Waals surface area contributed by atoms with Crippen molar-refractivity contribution in [1.82, 2.24) is 14.9 Å². The maximum Gasteiger partial charge on any atom is 0.417 e. The average molecular weight is 493 g/mol. The molecule has 3 heterocycles. The number of nitrogens with zero attached hydrogens (tertiary/aromatic N) is 3. The number of alkyl halides is 3. The number of nitrogens with one attached hydrogen (secondary N) is 1. The Balaban J connectivity index is 1.54. The maximum atomic E-state index is 13.6. The van der Waals surface area contributed by atoms with Crippen molar-refractivity contribution >= 4 is 23.1 Å². The van der Waals surface area contributed by atoms with Crippen molar-refractivity contribution in [2.24, 2.45) is 5.92 Å². The third kappa shape index (κ3) is 5.22. The molecule has 0 aliphatic carbocycles. The zero-order valence-electron chi connectivity index (χ0n) is 18.7. The van der Waals surface area contributed by atoms with Crippen LogP contribution in [0.15, 0.2) is 42.6 Å². The number of thiazole rings is 1. The summed E-state index contributed by atoms with van der Waals surface area (Å²) in [7, 11) is 0. The van der Waals surface area contributed by atoms with Gasteiger partial charge in [0.1, 0.15) is 17.3 Å². The summed E-state index contributed by atoms with van der Waals surface area (Å²) in [5, 5.41) is 3.82. The molecular formula is C24H24F4N4OS. The van der Waals surface area contributed by atoms with Gasteiger partial charge in [0.2, 0.25) is 0 Å². The lowest BCUT2D eigenvalue weighted by atomic mass is 9.90. The van der Waals surface area contributed by atoms with Crippen LogP contribution in [-0.4, -0.2) is 39.9 Å². The van der Waals surface area contributed by atoms with Gasteiger partial charge in [0.05, 0.1) is 21.5 Å². The molecule has 180 valence electrons. The predicted molar refractivity (Wildman–Crippen MR) is 123 cm³/mol. The summed E-state index contributed by atoms with van der Waals surface area (Å²) < 4.78 is 51.8. The van der Waals surface area contributed by atoms with Crippen molar-refractivity contribution in [2.45, 2.75) is 38.9 Å². The lowest BCUT2D eigenvalue weighted by Crippen LogP contribution is -2.51. The number of anilines is 1. The number of hydrogen-bond acceptors (Lipinski definition) is 5. The molecule has 0 bridgehead atoms. The quantitative estimate of drug-likeness (QED) is 0.442. The number of benzene rings is 1. The van der Waals surface area contributed by atoms with Crippen LogP contribution in [0.1, 0.15) is 40.8 Å². The Bertz CT molecular complexity index is 1150. The fourth-order valence-electron chi connectivity index (χ4n) is 4.19. The second kappa shape index (κ2) is 9.69. The summed E-state index contributed by atoms with van der Waals surface area (Å²) in [4.78, 5) is 24.5. The topological polar surface area (TPSA) is 58.1 Å². The van der Waals surface area contributed by atoms with Gasteiger partial charge in [-0.15, -0.1) is 11.3 Å². The standard InChI is InChI=1S/C24H24F4N4OS/c1-14-4-3-11-32(19(14)13-30-20-10-7-17(12-29-20)24(26,27)28)23(33)21-22(34-15(2)31-21)16-5-8-18(25)9-6-16/h5-10,12,14,19H,3-4,11,13H2,1-2H3,(H,29,30)/t14-,19+/m1/s1. The number of carbonyl (C=O) groups is 1. The number of aryl methyl sites for hydroxylation is 1. The molecule has 1 fully saturated rings. The molecule has 1 aliphatic heterocycles. The normalized spacial score (nSPS) is 18.7. The lowest BCUT2D eigenvalue weighted by molar-refractivity contribution is -0.137. The van der Waals surface area contributed by atoms with E-state index in [1.54, 1.807) is 17.0 Å². The van der Waals surface area contributed by atoms with Crippen LogP contribution in [-0.2, 0) is 6.18 Å². The molecule has 0 spiro atoms. The molecule has 5 nitrogen and oxygen atoms in total. The number of likely N-dealkylation sites (tertiary alicyclic amines) is 1. The molecule has 1 aromatic carbocycles. The molecule has 2 atom stereocenters. The second-order valence-corrected chi connectivity index (χ2v) is 9.62. The van der Waals surface area contributed by atoms with Gasteiger partial charge >= 0.3 is 6.18 Å². The van der Waals surface area contributed by atoms with E-state index in [0.717, 1.165) is 35.7 Å². The minimum Gasteiger partial charge on any atom is -0.368 e. The van der Waals surface area contributed by atoms with Crippen LogP contribution in [0.25, 0.3) is 10.4 Å². The summed E-state index contributed by atoms with van der Waals surface area (Å²) in [6, 6.07) is 8.06. The Hall–Kier alpha value is -3.01. The molecule has 3 aromatic rings. The third-order valence-corrected chi connectivity index (χ3v) is 7.02. The van der Waals surface area contributed by atoms with Crippen molar-refractivity contribution in [2.75, 3.05) is 18.4 Å². The van der Waals surface area contributed by atoms with Crippen LogP contribution in [0, 0.1) is 18.7 Å². The average Bonchev–Trinajstić information content (AvgIpc) is 3.19. The van der Waals surface area contributed by atoms with Gasteiger partial charge in [-0.2, -0.15) is 13.2 Å². The molecule has 0 saturated carbocycles. The highest BCUT2D eigenvalue weighted by atomic mass is 32.1. The second-order valence-electron chi connectivity index (χ2n) is 8.41. The van der Waals surface area contributed by atoms with Crippen LogP contribution in [0.2, 0.25) is 0 Å². The minimum absolute atomic E-state index is 0.175. The number of piperidine rings is 1. The van der Waals surface area contributed by atoms with E-state index in [1.165, 1.54) is 29.5 Å². The Morgan fingerprint density at radius 2 is 1.94 bits per heavy atom. The van der Waals surface area contributed by atoms with E-state index in [-0.39, 0.29) is 23.7 Å². The van der Waals surface area contributed by atoms with Gasteiger partial charge in [0.15, 0.2) is 0 Å². The van der Waals surface area contributed by atoms with E-state index >= 15 is 0 Å². The Labute approximate surface area is 198 Å². The molecule has 4 rings (SSSR count). The number of halogens is 4. The summed E-state index contributed by atoms with van der Waals surface area (Å²) >= 11 is 1.38. The van der Waals surface area contributed by atoms with Crippen molar-refractivity contribution in [3.8, 4) is 10.4 Å². The molecule has 0 unspecified atom stereocenters. The molecule has 1 saturated heterocycles. The first kappa shape index (κ1) is 24.1. The number of pyridine rings is 1. The first-order valence-electron chi connectivity index (χ1n) is 10.9. The molecule has 1 aliphatic rings. The number of amides is 1. The third-order valence-electron chi connectivity index (χ3n) is 6.00. The highest BCUT2D eigenvalue weighted by Crippen LogP contribution is 2.34. The smallest absolute Gasteiger partial charge is 0.368 e. The Morgan fingerprint density at radius 3 is 2.59 bits per heavy atom. The highest BCUT2D eigenvalue weighted by molar-refractivity contribution is 7.15. The molecule has 1 N–H and O–H groups in total. The largest absolute Gasteiger partial charge is 0.417 e. The van der Waals surface area contributed by atoms with Gasteiger partial charge in [-0.1, -0.05) is 19.1 Å². The van der Waals surface area contributed by atoms with E-state index < -0.39 is 11.7 Å². The summed E-state index contributed by atoms with van der Waals surface area (Å²) in [6.45, 7) is 4.78. The zero-order chi connectivity index (χ0) is 24.5. The molecule has 2 aromatic heterocycles. The number of carbonyl (C=O) groups excluding carboxylic acids is 1. The van der Waals surface area contributed by atoms with Crippen LogP contribution in [0.3, 0.4) is 0 Å². The molecule has 34 heavy (non-hydrogen) atoms. The monoisotopic (exact) mass is 492 g/mol. The van der Waals surface area contributed by atoms with Crippen LogP contribution < -0.4 is 5.32 Å². The summed E-state index contributed by atoms with van der Waals surface area (Å²) in [6.07, 6.45) is -1.88. The van der Waals surface area contributed by atoms with Crippen LogP contribution >= 0.6 is 11.3 Å². The number of aromatic nitrogens is 2. The summed E-state index contributed by atoms with van der Waals surface area (Å²) in [5.74, 6) is -0.0727. The van der Waals surface area contributed by atoms with E-state index in [4.69, 9.17) is 0 Å². The van der Waals surface area contributed by atoms with E-state index in [9.17, 15) is 22.4 Å². The van der Waals surface area contributed by atoms with Gasteiger partial charge in [-0.25, -0.2) is 14.4 Å². The zero-order valence-corrected chi connectivity index (χ0v) is 19.5. The summed E-state index contributed by atoms with van der Waals surface area (Å²) in [5.41, 5.74) is 0.248. The van der Waals surface area contributed by atoms with Gasteiger partial charge < -0.3 is 10.2 Å². The fourth-order valence-corrected chi connectivity index (χ4v) is 5.11. The minimum atomic E-state index is -4.44. The van der Waals surface area contributed by atoms with E-state index in [0.29, 0.717) is 29.5 Å². The van der Waals surface area contributed by atoms with Crippen molar-refractivity contribution in [3.63, 3.8) is 0 Å². The highest BCUT2D eigenvalue weighted by Gasteiger charge is 2.35. The Morgan fingerprint density at radius 1 is 1.21 bits per heavy atom. The van der Waals surface area contributed by atoms with Gasteiger partial charge in [-0.05, 0) is 55.5 Å². The molecule has 0 radical (unpaired) electrons. The van der Waals surface area contributed by atoms with Crippen LogP contribution in [0.5, 0.6) is 0 Å². The molecule has 10 heteroatoms. The number of hydrogen-bond donors (Lipinski definition) is 1. The lowest BCUT2D eigenvalue weighted by Gasteiger charge is -2.40. The molecular weight excluding hydrogens is 468 g/mol. The van der Waals surface area contributed by atoms with Gasteiger partial charge in [0.25, 0.3) is 5.91 Å². The van der Waals surface area contributed by atoms with Crippen LogP contribution in [0.4, 0.5) is 23.4 Å². The SMILES string of the molecule is Cc1nc(C(=O)N2CCC[C@@H](C)[C@@H]2CNc2ccc(C(F)(F)F)cn2)c(-c2ccc(F)cc2)s1. The first-order chi connectivity index (χ1) is 16.1. The molecule has 1 amide bonds. The maximum absolute atomic E-state index is 13.6.